The number of aryl methyl sites for hydroxylation is 1. The van der Waals surface area contributed by atoms with Crippen molar-refractivity contribution >= 4 is 29.9 Å². The van der Waals surface area contributed by atoms with E-state index in [4.69, 9.17) is 4.42 Å². The zero-order chi connectivity index (χ0) is 20.7. The third kappa shape index (κ3) is 6.60. The number of halogens is 1. The smallest absolute Gasteiger partial charge is 0.191 e. The zero-order valence-electron chi connectivity index (χ0n) is 17.6. The van der Waals surface area contributed by atoms with Gasteiger partial charge in [-0.15, -0.1) is 24.0 Å². The van der Waals surface area contributed by atoms with Crippen molar-refractivity contribution in [3.05, 3.63) is 71.9 Å². The van der Waals surface area contributed by atoms with Gasteiger partial charge in [-0.25, -0.2) is 9.67 Å². The Morgan fingerprint density at radius 2 is 1.97 bits per heavy atom. The maximum absolute atomic E-state index is 10.7. The summed E-state index contributed by atoms with van der Waals surface area (Å²) in [6, 6.07) is 13.9. The van der Waals surface area contributed by atoms with Crippen molar-refractivity contribution in [1.82, 2.24) is 20.4 Å². The monoisotopic (exact) mass is 523 g/mol. The van der Waals surface area contributed by atoms with Gasteiger partial charge in [-0.2, -0.15) is 5.10 Å². The Bertz CT molecular complexity index is 917. The van der Waals surface area contributed by atoms with E-state index in [2.05, 4.69) is 45.0 Å². The van der Waals surface area contributed by atoms with Crippen LogP contribution < -0.4 is 10.6 Å². The summed E-state index contributed by atoms with van der Waals surface area (Å²) in [6.07, 6.45) is 4.55. The Labute approximate surface area is 194 Å². The summed E-state index contributed by atoms with van der Waals surface area (Å²) in [6.45, 7) is 7.25. The first-order chi connectivity index (χ1) is 14.0. The number of aliphatic hydroxyl groups is 1. The molecule has 0 fully saturated rings. The van der Waals surface area contributed by atoms with E-state index in [1.54, 1.807) is 19.2 Å². The summed E-state index contributed by atoms with van der Waals surface area (Å²) in [5.74, 6) is 1.96. The summed E-state index contributed by atoms with van der Waals surface area (Å²) in [4.78, 5) is 4.52. The van der Waals surface area contributed by atoms with Crippen LogP contribution in [0.15, 0.2) is 64.3 Å². The minimum atomic E-state index is -1.15. The van der Waals surface area contributed by atoms with E-state index in [9.17, 15) is 5.11 Å². The molecular weight excluding hydrogens is 493 g/mol. The van der Waals surface area contributed by atoms with E-state index in [0.717, 1.165) is 31.0 Å². The highest BCUT2D eigenvalue weighted by molar-refractivity contribution is 14.0. The molecule has 3 N–H and O–H groups in total. The average Bonchev–Trinajstić information content (AvgIpc) is 3.39. The maximum atomic E-state index is 10.7. The van der Waals surface area contributed by atoms with Gasteiger partial charge in [-0.3, -0.25) is 0 Å². The molecular formula is C22H30IN5O2. The van der Waals surface area contributed by atoms with Crippen molar-refractivity contribution in [2.24, 2.45) is 4.99 Å². The molecule has 2 heterocycles. The van der Waals surface area contributed by atoms with Gasteiger partial charge in [0.1, 0.15) is 17.1 Å². The second kappa shape index (κ2) is 11.2. The number of furan rings is 1. The van der Waals surface area contributed by atoms with Gasteiger partial charge in [-0.1, -0.05) is 12.1 Å². The van der Waals surface area contributed by atoms with Crippen molar-refractivity contribution in [3.8, 4) is 5.69 Å². The standard InChI is InChI=1S/C22H29N5O2.HI/c1-4-23-21(25-16-22(3,28)20-11-6-17(2)29-20)24-14-12-18-7-9-19(10-8-18)27-15-5-13-26-27;/h5-11,13,15,28H,4,12,14,16H2,1-3H3,(H2,23,24,25);1H. The van der Waals surface area contributed by atoms with Crippen LogP contribution in [-0.4, -0.2) is 40.5 Å². The lowest BCUT2D eigenvalue weighted by Gasteiger charge is -2.19. The summed E-state index contributed by atoms with van der Waals surface area (Å²) >= 11 is 0. The predicted molar refractivity (Wildman–Crippen MR) is 130 cm³/mol. The van der Waals surface area contributed by atoms with Gasteiger partial charge in [0.2, 0.25) is 0 Å². The normalized spacial score (nSPS) is 13.4. The minimum Gasteiger partial charge on any atom is -0.463 e. The molecule has 2 aromatic heterocycles. The van der Waals surface area contributed by atoms with E-state index in [1.165, 1.54) is 5.56 Å². The molecule has 1 aromatic carbocycles. The second-order valence-electron chi connectivity index (χ2n) is 7.17. The first-order valence-corrected chi connectivity index (χ1v) is 9.88. The number of hydrogen-bond acceptors (Lipinski definition) is 4. The molecule has 7 nitrogen and oxygen atoms in total. The number of nitrogens with zero attached hydrogens (tertiary/aromatic N) is 3. The van der Waals surface area contributed by atoms with Crippen LogP contribution in [0.3, 0.4) is 0 Å². The SMILES string of the molecule is CCNC(=NCC(C)(O)c1ccc(C)o1)NCCc1ccc(-n2cccn2)cc1.I. The first kappa shape index (κ1) is 23.9. The Balaban J connectivity index is 0.00000320. The third-order valence-electron chi connectivity index (χ3n) is 4.57. The van der Waals surface area contributed by atoms with Gasteiger partial charge in [0.15, 0.2) is 5.96 Å². The number of aromatic nitrogens is 2. The Morgan fingerprint density at radius 1 is 1.20 bits per heavy atom. The van der Waals surface area contributed by atoms with E-state index in [1.807, 2.05) is 36.9 Å². The molecule has 0 saturated carbocycles. The van der Waals surface area contributed by atoms with Crippen molar-refractivity contribution < 1.29 is 9.52 Å². The van der Waals surface area contributed by atoms with E-state index in [0.29, 0.717) is 11.7 Å². The fourth-order valence-electron chi connectivity index (χ4n) is 2.94. The Hall–Kier alpha value is -2.33. The van der Waals surface area contributed by atoms with Gasteiger partial charge >= 0.3 is 0 Å². The molecule has 0 saturated heterocycles. The van der Waals surface area contributed by atoms with Crippen LogP contribution in [0, 0.1) is 6.92 Å². The number of rotatable bonds is 8. The minimum absolute atomic E-state index is 0. The van der Waals surface area contributed by atoms with Gasteiger partial charge < -0.3 is 20.2 Å². The molecule has 0 aliphatic carbocycles. The number of benzene rings is 1. The van der Waals surface area contributed by atoms with Crippen molar-refractivity contribution in [2.75, 3.05) is 19.6 Å². The van der Waals surface area contributed by atoms with Gasteiger partial charge in [0.05, 0.1) is 12.2 Å². The summed E-state index contributed by atoms with van der Waals surface area (Å²) in [7, 11) is 0. The number of nitrogens with one attached hydrogen (secondary N) is 2. The topological polar surface area (TPSA) is 87.6 Å². The maximum Gasteiger partial charge on any atom is 0.191 e. The fraction of sp³-hybridized carbons (Fsp3) is 0.364. The number of guanidine groups is 1. The van der Waals surface area contributed by atoms with Crippen LogP contribution in [-0.2, 0) is 12.0 Å². The molecule has 0 bridgehead atoms. The summed E-state index contributed by atoms with van der Waals surface area (Å²) in [5.41, 5.74) is 1.11. The van der Waals surface area contributed by atoms with Crippen LogP contribution >= 0.6 is 24.0 Å². The van der Waals surface area contributed by atoms with Crippen molar-refractivity contribution in [2.45, 2.75) is 32.8 Å². The summed E-state index contributed by atoms with van der Waals surface area (Å²) in [5, 5.41) is 21.4. The number of hydrogen-bond donors (Lipinski definition) is 3. The van der Waals surface area contributed by atoms with Gasteiger partial charge in [0.25, 0.3) is 0 Å². The molecule has 3 aromatic rings. The average molecular weight is 523 g/mol. The molecule has 3 rings (SSSR count). The number of aliphatic imine (C=N–C) groups is 1. The van der Waals surface area contributed by atoms with E-state index >= 15 is 0 Å². The summed E-state index contributed by atoms with van der Waals surface area (Å²) < 4.78 is 7.39. The third-order valence-corrected chi connectivity index (χ3v) is 4.57. The lowest BCUT2D eigenvalue weighted by molar-refractivity contribution is 0.0428. The molecule has 1 unspecified atom stereocenters. The molecule has 0 radical (unpaired) electrons. The lowest BCUT2D eigenvalue weighted by Crippen LogP contribution is -2.39. The van der Waals surface area contributed by atoms with Crippen molar-refractivity contribution in [3.63, 3.8) is 0 Å². The van der Waals surface area contributed by atoms with Crippen LogP contribution in [0.1, 0.15) is 30.9 Å². The molecule has 0 amide bonds. The molecule has 0 aliphatic heterocycles. The molecule has 0 aliphatic rings. The van der Waals surface area contributed by atoms with Crippen LogP contribution in [0.4, 0.5) is 0 Å². The van der Waals surface area contributed by atoms with Crippen LogP contribution in [0.2, 0.25) is 0 Å². The Morgan fingerprint density at radius 3 is 2.57 bits per heavy atom. The highest BCUT2D eigenvalue weighted by Crippen LogP contribution is 2.23. The largest absolute Gasteiger partial charge is 0.463 e. The highest BCUT2D eigenvalue weighted by atomic mass is 127. The molecule has 0 spiro atoms. The van der Waals surface area contributed by atoms with Gasteiger partial charge in [0, 0.05) is 25.5 Å². The van der Waals surface area contributed by atoms with E-state index in [-0.39, 0.29) is 30.5 Å². The highest BCUT2D eigenvalue weighted by Gasteiger charge is 2.26. The van der Waals surface area contributed by atoms with Crippen LogP contribution in [0.25, 0.3) is 5.69 Å². The van der Waals surface area contributed by atoms with E-state index < -0.39 is 5.60 Å². The van der Waals surface area contributed by atoms with Crippen molar-refractivity contribution in [1.29, 1.82) is 0 Å². The molecule has 1 atom stereocenters. The van der Waals surface area contributed by atoms with Gasteiger partial charge in [-0.05, 0) is 63.1 Å². The molecule has 30 heavy (non-hydrogen) atoms. The fourth-order valence-corrected chi connectivity index (χ4v) is 2.94. The predicted octanol–water partition coefficient (Wildman–Crippen LogP) is 3.40. The Kier molecular flexibility index (Phi) is 8.91. The lowest BCUT2D eigenvalue weighted by atomic mass is 10.0. The molecule has 8 heteroatoms. The van der Waals surface area contributed by atoms with Crippen LogP contribution in [0.5, 0.6) is 0 Å². The second-order valence-corrected chi connectivity index (χ2v) is 7.17. The molecule has 162 valence electrons. The zero-order valence-corrected chi connectivity index (χ0v) is 20.0. The first-order valence-electron chi connectivity index (χ1n) is 9.88. The quantitative estimate of drug-likeness (QED) is 0.240.